The predicted molar refractivity (Wildman–Crippen MR) is 91.2 cm³/mol. The van der Waals surface area contributed by atoms with Crippen molar-refractivity contribution in [3.05, 3.63) is 29.8 Å². The molecule has 5 nitrogen and oxygen atoms in total. The first-order valence-corrected chi connectivity index (χ1v) is 8.15. The van der Waals surface area contributed by atoms with Crippen LogP contribution in [0.15, 0.2) is 24.3 Å². The van der Waals surface area contributed by atoms with Crippen molar-refractivity contribution in [2.24, 2.45) is 0 Å². The molecule has 0 heterocycles. The molecule has 0 aliphatic carbocycles. The number of nitrogens with zero attached hydrogens (tertiary/aromatic N) is 1. The number of carbonyl (C=O) groups excluding carboxylic acids is 2. The largest absolute Gasteiger partial charge is 0.497 e. The topological polar surface area (TPSA) is 58.6 Å². The summed E-state index contributed by atoms with van der Waals surface area (Å²) < 4.78 is 5.23. The second kappa shape index (κ2) is 9.18. The average Bonchev–Trinajstić information content (AvgIpc) is 2.53. The zero-order chi connectivity index (χ0) is 17.4. The van der Waals surface area contributed by atoms with Crippen molar-refractivity contribution >= 4 is 11.8 Å². The number of amides is 2. The van der Waals surface area contributed by atoms with E-state index in [1.54, 1.807) is 12.0 Å². The molecule has 0 bridgehead atoms. The maximum Gasteiger partial charge on any atom is 0.243 e. The van der Waals surface area contributed by atoms with Crippen LogP contribution in [-0.4, -0.2) is 35.9 Å². The Kier molecular flexibility index (Phi) is 7.59. The zero-order valence-electron chi connectivity index (χ0n) is 14.8. The van der Waals surface area contributed by atoms with Crippen LogP contribution in [0.5, 0.6) is 5.75 Å². The van der Waals surface area contributed by atoms with E-state index in [9.17, 15) is 9.59 Å². The van der Waals surface area contributed by atoms with E-state index in [4.69, 9.17) is 4.74 Å². The fraction of sp³-hybridized carbons (Fsp3) is 0.556. The lowest BCUT2D eigenvalue weighted by Crippen LogP contribution is -2.50. The minimum absolute atomic E-state index is 0.0291. The van der Waals surface area contributed by atoms with E-state index in [-0.39, 0.29) is 17.9 Å². The van der Waals surface area contributed by atoms with Crippen LogP contribution in [0.25, 0.3) is 0 Å². The summed E-state index contributed by atoms with van der Waals surface area (Å²) in [5.74, 6) is 0.608. The van der Waals surface area contributed by atoms with Gasteiger partial charge in [0.25, 0.3) is 0 Å². The Morgan fingerprint density at radius 2 is 1.96 bits per heavy atom. The van der Waals surface area contributed by atoms with Gasteiger partial charge in [-0.1, -0.05) is 26.0 Å². The standard InChI is InChI=1S/C18H28N2O3/c1-6-16(18(22)19-13(3)4)20(17(21)7-2)12-14-9-8-10-15(11-14)23-5/h8-11,13,16H,6-7,12H2,1-5H3,(H,19,22)/t16-/m0/s1. The highest BCUT2D eigenvalue weighted by Crippen LogP contribution is 2.17. The lowest BCUT2D eigenvalue weighted by Gasteiger charge is -2.31. The Bertz CT molecular complexity index is 529. The number of rotatable bonds is 8. The Morgan fingerprint density at radius 3 is 2.48 bits per heavy atom. The summed E-state index contributed by atoms with van der Waals surface area (Å²) >= 11 is 0. The number of nitrogens with one attached hydrogen (secondary N) is 1. The molecular formula is C18H28N2O3. The number of hydrogen-bond donors (Lipinski definition) is 1. The van der Waals surface area contributed by atoms with Crippen molar-refractivity contribution in [3.63, 3.8) is 0 Å². The molecule has 0 aliphatic rings. The van der Waals surface area contributed by atoms with Gasteiger partial charge in [0.05, 0.1) is 7.11 Å². The van der Waals surface area contributed by atoms with Crippen molar-refractivity contribution in [1.29, 1.82) is 0 Å². The van der Waals surface area contributed by atoms with Crippen LogP contribution in [0, 0.1) is 0 Å². The van der Waals surface area contributed by atoms with Crippen LogP contribution in [-0.2, 0) is 16.1 Å². The molecule has 0 aromatic heterocycles. The van der Waals surface area contributed by atoms with Gasteiger partial charge in [-0.05, 0) is 38.0 Å². The highest BCUT2D eigenvalue weighted by atomic mass is 16.5. The van der Waals surface area contributed by atoms with Gasteiger partial charge in [0.15, 0.2) is 0 Å². The third-order valence-electron chi connectivity index (χ3n) is 3.61. The number of methoxy groups -OCH3 is 1. The van der Waals surface area contributed by atoms with Crippen LogP contribution < -0.4 is 10.1 Å². The van der Waals surface area contributed by atoms with Crippen molar-refractivity contribution in [2.45, 2.75) is 59.2 Å². The second-order valence-electron chi connectivity index (χ2n) is 5.81. The molecule has 0 saturated carbocycles. The molecule has 5 heteroatoms. The van der Waals surface area contributed by atoms with Crippen LogP contribution in [0.3, 0.4) is 0 Å². The molecule has 0 radical (unpaired) electrons. The molecule has 0 aliphatic heterocycles. The first-order chi connectivity index (χ1) is 10.9. The summed E-state index contributed by atoms with van der Waals surface area (Å²) in [5, 5.41) is 2.90. The number of hydrogen-bond acceptors (Lipinski definition) is 3. The van der Waals surface area contributed by atoms with Crippen LogP contribution in [0.4, 0.5) is 0 Å². The van der Waals surface area contributed by atoms with Gasteiger partial charge in [-0.2, -0.15) is 0 Å². The summed E-state index contributed by atoms with van der Waals surface area (Å²) in [7, 11) is 1.61. The molecule has 1 rings (SSSR count). The first kappa shape index (κ1) is 19.0. The van der Waals surface area contributed by atoms with Crippen LogP contribution in [0.2, 0.25) is 0 Å². The quantitative estimate of drug-likeness (QED) is 0.801. The van der Waals surface area contributed by atoms with Gasteiger partial charge in [-0.3, -0.25) is 9.59 Å². The monoisotopic (exact) mass is 320 g/mol. The third kappa shape index (κ3) is 5.58. The van der Waals surface area contributed by atoms with Crippen molar-refractivity contribution in [1.82, 2.24) is 10.2 Å². The van der Waals surface area contributed by atoms with Crippen LogP contribution >= 0.6 is 0 Å². The molecule has 1 atom stereocenters. The summed E-state index contributed by atoms with van der Waals surface area (Å²) in [6.07, 6.45) is 0.948. The molecule has 1 aromatic rings. The summed E-state index contributed by atoms with van der Waals surface area (Å²) in [6.45, 7) is 7.96. The van der Waals surface area contributed by atoms with Crippen molar-refractivity contribution in [2.75, 3.05) is 7.11 Å². The molecule has 23 heavy (non-hydrogen) atoms. The number of benzene rings is 1. The summed E-state index contributed by atoms with van der Waals surface area (Å²) in [5.41, 5.74) is 0.946. The Hall–Kier alpha value is -2.04. The van der Waals surface area contributed by atoms with E-state index in [0.29, 0.717) is 19.4 Å². The van der Waals surface area contributed by atoms with Crippen molar-refractivity contribution < 1.29 is 14.3 Å². The molecule has 2 amide bonds. The van der Waals surface area contributed by atoms with Gasteiger partial charge in [0.1, 0.15) is 11.8 Å². The molecule has 0 spiro atoms. The van der Waals surface area contributed by atoms with E-state index in [2.05, 4.69) is 5.32 Å². The molecule has 0 unspecified atom stereocenters. The van der Waals surface area contributed by atoms with Gasteiger partial charge in [-0.25, -0.2) is 0 Å². The molecule has 0 fully saturated rings. The summed E-state index contributed by atoms with van der Waals surface area (Å²) in [4.78, 5) is 26.5. The van der Waals surface area contributed by atoms with E-state index < -0.39 is 6.04 Å². The Morgan fingerprint density at radius 1 is 1.26 bits per heavy atom. The van der Waals surface area contributed by atoms with Crippen LogP contribution in [0.1, 0.15) is 46.1 Å². The SMILES string of the molecule is CCC(=O)N(Cc1cccc(OC)c1)[C@@H](CC)C(=O)NC(C)C. The fourth-order valence-corrected chi connectivity index (χ4v) is 2.47. The first-order valence-electron chi connectivity index (χ1n) is 8.15. The van der Waals surface area contributed by atoms with Gasteiger partial charge < -0.3 is 15.0 Å². The predicted octanol–water partition coefficient (Wildman–Crippen LogP) is 2.74. The van der Waals surface area contributed by atoms with E-state index in [1.165, 1.54) is 0 Å². The molecular weight excluding hydrogens is 292 g/mol. The van der Waals surface area contributed by atoms with Gasteiger partial charge in [0, 0.05) is 19.0 Å². The van der Waals surface area contributed by atoms with E-state index >= 15 is 0 Å². The second-order valence-corrected chi connectivity index (χ2v) is 5.81. The maximum absolute atomic E-state index is 12.4. The molecule has 0 saturated heterocycles. The average molecular weight is 320 g/mol. The Balaban J connectivity index is 3.02. The van der Waals surface area contributed by atoms with Gasteiger partial charge in [0.2, 0.25) is 11.8 Å². The highest BCUT2D eigenvalue weighted by molar-refractivity contribution is 5.87. The third-order valence-corrected chi connectivity index (χ3v) is 3.61. The van der Waals surface area contributed by atoms with Crippen molar-refractivity contribution in [3.8, 4) is 5.75 Å². The zero-order valence-corrected chi connectivity index (χ0v) is 14.8. The normalized spacial score (nSPS) is 11.9. The summed E-state index contributed by atoms with van der Waals surface area (Å²) in [6, 6.07) is 7.16. The number of carbonyl (C=O) groups is 2. The smallest absolute Gasteiger partial charge is 0.243 e. The van der Waals surface area contributed by atoms with E-state index in [0.717, 1.165) is 11.3 Å². The Labute approximate surface area is 139 Å². The minimum atomic E-state index is -0.462. The molecule has 1 N–H and O–H groups in total. The minimum Gasteiger partial charge on any atom is -0.497 e. The van der Waals surface area contributed by atoms with Gasteiger partial charge >= 0.3 is 0 Å². The lowest BCUT2D eigenvalue weighted by molar-refractivity contribution is -0.141. The fourth-order valence-electron chi connectivity index (χ4n) is 2.47. The number of ether oxygens (including phenoxy) is 1. The highest BCUT2D eigenvalue weighted by Gasteiger charge is 2.28. The van der Waals surface area contributed by atoms with E-state index in [1.807, 2.05) is 52.0 Å². The van der Waals surface area contributed by atoms with Gasteiger partial charge in [-0.15, -0.1) is 0 Å². The molecule has 1 aromatic carbocycles. The molecule has 128 valence electrons. The maximum atomic E-state index is 12.4. The lowest BCUT2D eigenvalue weighted by atomic mass is 10.1.